The molecule has 3 heterocycles. The average Bonchev–Trinajstić information content (AvgIpc) is 3.14. The molecule has 0 unspecified atom stereocenters. The monoisotopic (exact) mass is 363 g/mol. The molecule has 0 saturated carbocycles. The molecule has 4 nitrogen and oxygen atoms in total. The minimum atomic E-state index is 0.247. The number of benzene rings is 2. The lowest BCUT2D eigenvalue weighted by atomic mass is 10.1. The van der Waals surface area contributed by atoms with Gasteiger partial charge in [-0.15, -0.1) is 0 Å². The zero-order valence-corrected chi connectivity index (χ0v) is 15.0. The molecular weight excluding hydrogens is 346 g/mol. The molecule has 4 heteroatoms. The standard InChI is InChI=1S/C24H17N3O/c28-22-14-4-3-10-18(22)23-16-8-1-2-9-17(16)24(27-23)21-13-7-12-20(26-21)19-11-5-6-15-25-19/h1-15,27-28H. The number of phenolic OH excluding ortho intramolecular Hbond substituents is 1. The normalized spacial score (nSPS) is 11.0. The van der Waals surface area contributed by atoms with Gasteiger partial charge in [0.2, 0.25) is 0 Å². The first kappa shape index (κ1) is 16.3. The lowest BCUT2D eigenvalue weighted by molar-refractivity contribution is 0.477. The molecule has 0 saturated heterocycles. The van der Waals surface area contributed by atoms with Gasteiger partial charge in [0.15, 0.2) is 0 Å². The Labute approximate surface area is 162 Å². The van der Waals surface area contributed by atoms with Crippen molar-refractivity contribution in [3.8, 4) is 39.8 Å². The van der Waals surface area contributed by atoms with Crippen molar-refractivity contribution in [1.29, 1.82) is 0 Å². The average molecular weight is 363 g/mol. The minimum absolute atomic E-state index is 0.247. The van der Waals surface area contributed by atoms with Crippen LogP contribution in [0.15, 0.2) is 91.1 Å². The Balaban J connectivity index is 1.72. The number of aromatic hydroxyl groups is 1. The van der Waals surface area contributed by atoms with Crippen molar-refractivity contribution < 1.29 is 5.11 Å². The summed E-state index contributed by atoms with van der Waals surface area (Å²) in [4.78, 5) is 12.7. The largest absolute Gasteiger partial charge is 0.507 e. The number of rotatable bonds is 3. The predicted molar refractivity (Wildman–Crippen MR) is 112 cm³/mol. The maximum atomic E-state index is 10.4. The SMILES string of the molecule is Oc1ccccc1-c1[nH]c(-c2cccc(-c3ccccn3)n2)c2ccccc12. The zero-order valence-electron chi connectivity index (χ0n) is 15.0. The second kappa shape index (κ2) is 6.67. The van der Waals surface area contributed by atoms with Crippen LogP contribution in [0, 0.1) is 0 Å². The third kappa shape index (κ3) is 2.72. The van der Waals surface area contributed by atoms with Gasteiger partial charge in [0.25, 0.3) is 0 Å². The lowest BCUT2D eigenvalue weighted by Crippen LogP contribution is -1.90. The molecule has 0 aliphatic heterocycles. The van der Waals surface area contributed by atoms with Crippen molar-refractivity contribution in [2.75, 3.05) is 0 Å². The van der Waals surface area contributed by atoms with Crippen molar-refractivity contribution in [2.24, 2.45) is 0 Å². The first-order valence-electron chi connectivity index (χ1n) is 9.09. The van der Waals surface area contributed by atoms with E-state index >= 15 is 0 Å². The fraction of sp³-hybridized carbons (Fsp3) is 0. The summed E-state index contributed by atoms with van der Waals surface area (Å²) in [5.74, 6) is 0.247. The molecule has 5 aromatic rings. The number of aromatic nitrogens is 3. The number of pyridine rings is 2. The fourth-order valence-corrected chi connectivity index (χ4v) is 3.51. The van der Waals surface area contributed by atoms with E-state index in [0.29, 0.717) is 0 Å². The Bertz CT molecular complexity index is 1280. The van der Waals surface area contributed by atoms with E-state index in [2.05, 4.69) is 22.1 Å². The fourth-order valence-electron chi connectivity index (χ4n) is 3.51. The second-order valence-corrected chi connectivity index (χ2v) is 6.56. The first-order chi connectivity index (χ1) is 13.8. The Hall–Kier alpha value is -3.92. The van der Waals surface area contributed by atoms with E-state index in [9.17, 15) is 5.11 Å². The maximum absolute atomic E-state index is 10.4. The molecule has 2 aromatic carbocycles. The number of fused-ring (bicyclic) bond motifs is 1. The Morgan fingerprint density at radius 2 is 1.29 bits per heavy atom. The summed E-state index contributed by atoms with van der Waals surface area (Å²) in [7, 11) is 0. The van der Waals surface area contributed by atoms with E-state index in [1.54, 1.807) is 12.3 Å². The van der Waals surface area contributed by atoms with E-state index in [1.807, 2.05) is 66.7 Å². The smallest absolute Gasteiger partial charge is 0.124 e. The van der Waals surface area contributed by atoms with Crippen molar-refractivity contribution >= 4 is 10.8 Å². The van der Waals surface area contributed by atoms with E-state index in [4.69, 9.17) is 4.98 Å². The Kier molecular flexibility index (Phi) is 3.87. The second-order valence-electron chi connectivity index (χ2n) is 6.56. The van der Waals surface area contributed by atoms with Crippen molar-refractivity contribution in [1.82, 2.24) is 15.0 Å². The van der Waals surface area contributed by atoms with E-state index < -0.39 is 0 Å². The number of para-hydroxylation sites is 1. The molecular formula is C24H17N3O. The summed E-state index contributed by atoms with van der Waals surface area (Å²) < 4.78 is 0. The highest BCUT2D eigenvalue weighted by molar-refractivity contribution is 6.04. The van der Waals surface area contributed by atoms with Crippen LogP contribution in [-0.4, -0.2) is 20.1 Å². The molecule has 0 amide bonds. The summed E-state index contributed by atoms with van der Waals surface area (Å²) >= 11 is 0. The van der Waals surface area contributed by atoms with Gasteiger partial charge in [-0.05, 0) is 36.4 Å². The number of phenols is 1. The molecule has 0 aliphatic rings. The van der Waals surface area contributed by atoms with Crippen LogP contribution in [0.25, 0.3) is 44.8 Å². The van der Waals surface area contributed by atoms with Gasteiger partial charge in [-0.3, -0.25) is 4.98 Å². The van der Waals surface area contributed by atoms with E-state index in [0.717, 1.165) is 44.8 Å². The Morgan fingerprint density at radius 3 is 2.07 bits per heavy atom. The number of hydrogen-bond acceptors (Lipinski definition) is 3. The van der Waals surface area contributed by atoms with Crippen LogP contribution in [0.3, 0.4) is 0 Å². The summed E-state index contributed by atoms with van der Waals surface area (Å²) in [5.41, 5.74) is 5.06. The van der Waals surface area contributed by atoms with Crippen LogP contribution in [0.1, 0.15) is 0 Å². The summed E-state index contributed by atoms with van der Waals surface area (Å²) in [6.07, 6.45) is 1.77. The summed E-state index contributed by atoms with van der Waals surface area (Å²) in [6.45, 7) is 0. The molecule has 0 spiro atoms. The quantitative estimate of drug-likeness (QED) is 0.434. The van der Waals surface area contributed by atoms with E-state index in [-0.39, 0.29) is 5.75 Å². The van der Waals surface area contributed by atoms with Crippen molar-refractivity contribution in [3.63, 3.8) is 0 Å². The number of nitrogens with one attached hydrogen (secondary N) is 1. The van der Waals surface area contributed by atoms with Crippen LogP contribution >= 0.6 is 0 Å². The number of aromatic amines is 1. The molecule has 0 fully saturated rings. The van der Waals surface area contributed by atoms with Gasteiger partial charge < -0.3 is 10.1 Å². The van der Waals surface area contributed by atoms with Crippen molar-refractivity contribution in [3.05, 3.63) is 91.1 Å². The molecule has 3 aromatic heterocycles. The third-order valence-electron chi connectivity index (χ3n) is 4.82. The van der Waals surface area contributed by atoms with Gasteiger partial charge in [-0.2, -0.15) is 0 Å². The zero-order chi connectivity index (χ0) is 18.9. The first-order valence-corrected chi connectivity index (χ1v) is 9.09. The van der Waals surface area contributed by atoms with Crippen LogP contribution in [0.4, 0.5) is 0 Å². The highest BCUT2D eigenvalue weighted by Crippen LogP contribution is 2.38. The molecule has 134 valence electrons. The third-order valence-corrected chi connectivity index (χ3v) is 4.82. The Morgan fingerprint density at radius 1 is 0.607 bits per heavy atom. The van der Waals surface area contributed by atoms with Crippen molar-refractivity contribution in [2.45, 2.75) is 0 Å². The molecule has 2 N–H and O–H groups in total. The number of H-pyrrole nitrogens is 1. The van der Waals surface area contributed by atoms with Gasteiger partial charge in [-0.1, -0.05) is 48.5 Å². The minimum Gasteiger partial charge on any atom is -0.507 e. The maximum Gasteiger partial charge on any atom is 0.124 e. The molecule has 0 atom stereocenters. The van der Waals surface area contributed by atoms with Crippen LogP contribution in [0.2, 0.25) is 0 Å². The topological polar surface area (TPSA) is 61.8 Å². The number of hydrogen-bond donors (Lipinski definition) is 2. The van der Waals surface area contributed by atoms with Gasteiger partial charge in [0.05, 0.1) is 28.5 Å². The van der Waals surface area contributed by atoms with Gasteiger partial charge in [0.1, 0.15) is 5.75 Å². The molecule has 0 aliphatic carbocycles. The van der Waals surface area contributed by atoms with Crippen LogP contribution in [-0.2, 0) is 0 Å². The summed E-state index contributed by atoms with van der Waals surface area (Å²) in [6, 6.07) is 27.2. The van der Waals surface area contributed by atoms with Gasteiger partial charge in [0, 0.05) is 22.5 Å². The van der Waals surface area contributed by atoms with Crippen LogP contribution in [0.5, 0.6) is 5.75 Å². The lowest BCUT2D eigenvalue weighted by Gasteiger charge is -2.04. The summed E-state index contributed by atoms with van der Waals surface area (Å²) in [5, 5.41) is 12.5. The molecule has 0 bridgehead atoms. The number of nitrogens with zero attached hydrogens (tertiary/aromatic N) is 2. The molecule has 0 radical (unpaired) electrons. The predicted octanol–water partition coefficient (Wildman–Crippen LogP) is 5.66. The molecule has 28 heavy (non-hydrogen) atoms. The van der Waals surface area contributed by atoms with Gasteiger partial charge >= 0.3 is 0 Å². The highest BCUT2D eigenvalue weighted by atomic mass is 16.3. The van der Waals surface area contributed by atoms with E-state index in [1.165, 1.54) is 0 Å². The molecule has 5 rings (SSSR count). The highest BCUT2D eigenvalue weighted by Gasteiger charge is 2.16. The van der Waals surface area contributed by atoms with Crippen LogP contribution < -0.4 is 0 Å². The van der Waals surface area contributed by atoms with Gasteiger partial charge in [-0.25, -0.2) is 4.98 Å².